The first-order valence-corrected chi connectivity index (χ1v) is 4.45. The summed E-state index contributed by atoms with van der Waals surface area (Å²) >= 11 is 5.57. The van der Waals surface area contributed by atoms with Gasteiger partial charge in [0.2, 0.25) is 0 Å². The molecule has 5 nitrogen and oxygen atoms in total. The molecular formula is C9H6ClNO4. The number of carbonyl (C=O) groups is 1. The van der Waals surface area contributed by atoms with Crippen molar-refractivity contribution in [2.24, 2.45) is 0 Å². The molecule has 0 unspecified atom stereocenters. The predicted molar refractivity (Wildman–Crippen MR) is 50.6 cm³/mol. The number of carboxylic acids is 1. The number of rotatable bonds is 3. The third kappa shape index (κ3) is 2.19. The number of hydrogen-bond acceptors (Lipinski definition) is 4. The van der Waals surface area contributed by atoms with Gasteiger partial charge < -0.3 is 13.9 Å². The molecule has 0 aliphatic carbocycles. The lowest BCUT2D eigenvalue weighted by atomic mass is 10.3. The highest BCUT2D eigenvalue weighted by Crippen LogP contribution is 2.23. The van der Waals surface area contributed by atoms with Crippen LogP contribution in [0.25, 0.3) is 11.7 Å². The number of furan rings is 1. The fourth-order valence-electron chi connectivity index (χ4n) is 1.09. The minimum absolute atomic E-state index is 0.183. The molecule has 0 saturated carbocycles. The van der Waals surface area contributed by atoms with E-state index < -0.39 is 5.97 Å². The fourth-order valence-corrected chi connectivity index (χ4v) is 1.23. The van der Waals surface area contributed by atoms with E-state index in [1.807, 2.05) is 0 Å². The van der Waals surface area contributed by atoms with Crippen LogP contribution in [0.5, 0.6) is 0 Å². The van der Waals surface area contributed by atoms with E-state index in [9.17, 15) is 4.79 Å². The number of halogens is 1. The number of oxazole rings is 1. The van der Waals surface area contributed by atoms with Crippen molar-refractivity contribution in [2.75, 3.05) is 0 Å². The van der Waals surface area contributed by atoms with Crippen molar-refractivity contribution in [3.8, 4) is 11.7 Å². The Balaban J connectivity index is 2.23. The first-order chi connectivity index (χ1) is 7.15. The molecule has 78 valence electrons. The van der Waals surface area contributed by atoms with E-state index in [1.165, 1.54) is 6.26 Å². The van der Waals surface area contributed by atoms with Crippen LogP contribution in [-0.4, -0.2) is 16.1 Å². The summed E-state index contributed by atoms with van der Waals surface area (Å²) in [5, 5.41) is 8.75. The van der Waals surface area contributed by atoms with E-state index in [1.54, 1.807) is 12.1 Å². The van der Waals surface area contributed by atoms with Crippen LogP contribution in [0, 0.1) is 0 Å². The molecule has 2 heterocycles. The molecule has 0 aliphatic rings. The molecule has 0 fully saturated rings. The Kier molecular flexibility index (Phi) is 2.47. The van der Waals surface area contributed by atoms with Crippen LogP contribution in [-0.2, 0) is 11.2 Å². The van der Waals surface area contributed by atoms with Gasteiger partial charge in [0, 0.05) is 0 Å². The first-order valence-electron chi connectivity index (χ1n) is 4.07. The summed E-state index contributed by atoms with van der Waals surface area (Å²) in [5.41, 5.74) is 0.338. The predicted octanol–water partition coefficient (Wildman–Crippen LogP) is 2.22. The van der Waals surface area contributed by atoms with E-state index in [4.69, 9.17) is 25.5 Å². The van der Waals surface area contributed by atoms with Crippen LogP contribution in [0.15, 0.2) is 27.2 Å². The largest absolute Gasteiger partial charge is 0.481 e. The Morgan fingerprint density at radius 2 is 2.33 bits per heavy atom. The summed E-state index contributed by atoms with van der Waals surface area (Å²) in [6.07, 6.45) is 1.10. The normalized spacial score (nSPS) is 10.5. The Morgan fingerprint density at radius 3 is 2.93 bits per heavy atom. The van der Waals surface area contributed by atoms with Crippen molar-refractivity contribution in [1.29, 1.82) is 0 Å². The number of hydrogen-bond donors (Lipinski definition) is 1. The number of carboxylic acid groups (broad SMARTS) is 1. The van der Waals surface area contributed by atoms with Crippen molar-refractivity contribution in [3.63, 3.8) is 0 Å². The molecule has 0 aromatic carbocycles. The van der Waals surface area contributed by atoms with Gasteiger partial charge in [-0.05, 0) is 23.7 Å². The summed E-state index contributed by atoms with van der Waals surface area (Å²) < 4.78 is 10.1. The van der Waals surface area contributed by atoms with Gasteiger partial charge in [-0.2, -0.15) is 0 Å². The van der Waals surface area contributed by atoms with Gasteiger partial charge in [0.1, 0.15) is 6.26 Å². The maximum absolute atomic E-state index is 10.4. The summed E-state index contributed by atoms with van der Waals surface area (Å²) in [6.45, 7) is 0. The molecule has 0 bridgehead atoms. The highest BCUT2D eigenvalue weighted by molar-refractivity contribution is 6.28. The molecule has 0 amide bonds. The zero-order chi connectivity index (χ0) is 10.8. The van der Waals surface area contributed by atoms with Gasteiger partial charge in [0.15, 0.2) is 11.0 Å². The first kappa shape index (κ1) is 9.79. The van der Waals surface area contributed by atoms with Crippen LogP contribution in [0.4, 0.5) is 0 Å². The maximum Gasteiger partial charge on any atom is 0.309 e. The van der Waals surface area contributed by atoms with Crippen LogP contribution in [0.3, 0.4) is 0 Å². The SMILES string of the molecule is O=C(O)Cc1coc(-c2ccc(Cl)o2)n1. The zero-order valence-electron chi connectivity index (χ0n) is 7.44. The highest BCUT2D eigenvalue weighted by atomic mass is 35.5. The lowest BCUT2D eigenvalue weighted by molar-refractivity contribution is -0.136. The zero-order valence-corrected chi connectivity index (χ0v) is 8.19. The molecule has 0 aliphatic heterocycles. The average molecular weight is 228 g/mol. The number of aliphatic carboxylic acids is 1. The van der Waals surface area contributed by atoms with E-state index in [0.717, 1.165) is 0 Å². The second-order valence-corrected chi connectivity index (χ2v) is 3.19. The van der Waals surface area contributed by atoms with Crippen LogP contribution >= 0.6 is 11.6 Å². The smallest absolute Gasteiger partial charge is 0.309 e. The Bertz CT molecular complexity index is 488. The summed E-state index contributed by atoms with van der Waals surface area (Å²) in [6, 6.07) is 3.15. The molecule has 2 aromatic heterocycles. The Labute approximate surface area is 89.3 Å². The molecule has 0 radical (unpaired) electrons. The van der Waals surface area contributed by atoms with E-state index in [2.05, 4.69) is 4.98 Å². The summed E-state index contributed by atoms with van der Waals surface area (Å²) in [4.78, 5) is 14.3. The van der Waals surface area contributed by atoms with Gasteiger partial charge in [-0.15, -0.1) is 0 Å². The van der Waals surface area contributed by atoms with Gasteiger partial charge >= 0.3 is 5.97 Å². The highest BCUT2D eigenvalue weighted by Gasteiger charge is 2.12. The third-order valence-electron chi connectivity index (χ3n) is 1.67. The van der Waals surface area contributed by atoms with E-state index in [0.29, 0.717) is 11.5 Å². The van der Waals surface area contributed by atoms with Gasteiger partial charge in [-0.25, -0.2) is 4.98 Å². The molecule has 1 N–H and O–H groups in total. The minimum atomic E-state index is -0.965. The summed E-state index contributed by atoms with van der Waals surface area (Å²) in [5.74, 6) is -0.373. The molecule has 0 atom stereocenters. The molecule has 6 heteroatoms. The van der Waals surface area contributed by atoms with Gasteiger partial charge in [0.05, 0.1) is 12.1 Å². The van der Waals surface area contributed by atoms with Gasteiger partial charge in [0.25, 0.3) is 5.89 Å². The van der Waals surface area contributed by atoms with Crippen LogP contribution < -0.4 is 0 Å². The fraction of sp³-hybridized carbons (Fsp3) is 0.111. The second kappa shape index (κ2) is 3.78. The standard InChI is InChI=1S/C9H6ClNO4/c10-7-2-1-6(15-7)9-11-5(4-14-9)3-8(12)13/h1-2,4H,3H2,(H,12,13). The maximum atomic E-state index is 10.4. The van der Waals surface area contributed by atoms with Crippen molar-refractivity contribution < 1.29 is 18.7 Å². The quantitative estimate of drug-likeness (QED) is 0.870. The molecule has 2 rings (SSSR count). The monoisotopic (exact) mass is 227 g/mol. The van der Waals surface area contributed by atoms with Crippen molar-refractivity contribution in [2.45, 2.75) is 6.42 Å². The van der Waals surface area contributed by atoms with Crippen molar-refractivity contribution >= 4 is 17.6 Å². The molecular weight excluding hydrogens is 222 g/mol. The van der Waals surface area contributed by atoms with Crippen molar-refractivity contribution in [1.82, 2.24) is 4.98 Å². The number of aromatic nitrogens is 1. The minimum Gasteiger partial charge on any atom is -0.481 e. The van der Waals surface area contributed by atoms with Crippen LogP contribution in [0.1, 0.15) is 5.69 Å². The van der Waals surface area contributed by atoms with Gasteiger partial charge in [-0.3, -0.25) is 4.79 Å². The van der Waals surface area contributed by atoms with Gasteiger partial charge in [-0.1, -0.05) is 0 Å². The molecule has 2 aromatic rings. The topological polar surface area (TPSA) is 76.5 Å². The third-order valence-corrected chi connectivity index (χ3v) is 1.87. The lowest BCUT2D eigenvalue weighted by Gasteiger charge is -1.86. The van der Waals surface area contributed by atoms with E-state index in [-0.39, 0.29) is 17.5 Å². The molecule has 0 spiro atoms. The number of nitrogens with zero attached hydrogens (tertiary/aromatic N) is 1. The average Bonchev–Trinajstić information content (AvgIpc) is 2.72. The second-order valence-electron chi connectivity index (χ2n) is 2.82. The molecule has 15 heavy (non-hydrogen) atoms. The van der Waals surface area contributed by atoms with Crippen LogP contribution in [0.2, 0.25) is 5.22 Å². The summed E-state index contributed by atoms with van der Waals surface area (Å²) in [7, 11) is 0. The Hall–Kier alpha value is -1.75. The van der Waals surface area contributed by atoms with Crippen molar-refractivity contribution in [3.05, 3.63) is 29.3 Å². The van der Waals surface area contributed by atoms with E-state index >= 15 is 0 Å². The molecule has 0 saturated heterocycles. The Morgan fingerprint density at radius 1 is 1.53 bits per heavy atom. The lowest BCUT2D eigenvalue weighted by Crippen LogP contribution is -1.99.